The van der Waals surface area contributed by atoms with Gasteiger partial charge in [0, 0.05) is 38.8 Å². The number of hydrogen-bond donors (Lipinski definition) is 2. The van der Waals surface area contributed by atoms with Crippen molar-refractivity contribution in [1.29, 1.82) is 0 Å². The van der Waals surface area contributed by atoms with Gasteiger partial charge in [0.25, 0.3) is 5.91 Å². The highest BCUT2D eigenvalue weighted by Gasteiger charge is 2.27. The molecule has 1 aromatic carbocycles. The van der Waals surface area contributed by atoms with Gasteiger partial charge in [-0.15, -0.1) is 11.3 Å². The van der Waals surface area contributed by atoms with Crippen molar-refractivity contribution in [3.8, 4) is 0 Å². The molecule has 2 heterocycles. The Bertz CT molecular complexity index is 733. The predicted molar refractivity (Wildman–Crippen MR) is 103 cm³/mol. The van der Waals surface area contributed by atoms with Crippen LogP contribution in [0.15, 0.2) is 36.4 Å². The summed E-state index contributed by atoms with van der Waals surface area (Å²) in [7, 11) is 0. The van der Waals surface area contributed by atoms with Crippen molar-refractivity contribution < 1.29 is 4.79 Å². The van der Waals surface area contributed by atoms with Gasteiger partial charge >= 0.3 is 0 Å². The van der Waals surface area contributed by atoms with Crippen molar-refractivity contribution in [3.05, 3.63) is 46.8 Å². The number of anilines is 2. The van der Waals surface area contributed by atoms with Crippen LogP contribution in [-0.2, 0) is 6.54 Å². The molecular weight excluding hydrogens is 332 g/mol. The summed E-state index contributed by atoms with van der Waals surface area (Å²) in [6.45, 7) is 4.98. The van der Waals surface area contributed by atoms with Gasteiger partial charge in [0.2, 0.25) is 0 Å². The lowest BCUT2D eigenvalue weighted by molar-refractivity contribution is 0.0956. The Morgan fingerprint density at radius 3 is 2.56 bits per heavy atom. The molecule has 5 nitrogen and oxygen atoms in total. The summed E-state index contributed by atoms with van der Waals surface area (Å²) in [5.41, 5.74) is 8.05. The second kappa shape index (κ2) is 7.06. The van der Waals surface area contributed by atoms with Crippen LogP contribution in [-0.4, -0.2) is 43.0 Å². The molecule has 0 radical (unpaired) electrons. The highest BCUT2D eigenvalue weighted by molar-refractivity contribution is 7.18. The number of piperazine rings is 1. The Morgan fingerprint density at radius 2 is 1.88 bits per heavy atom. The number of nitrogens with one attached hydrogen (secondary N) is 1. The van der Waals surface area contributed by atoms with E-state index < -0.39 is 0 Å². The van der Waals surface area contributed by atoms with Crippen LogP contribution in [0.4, 0.5) is 10.7 Å². The summed E-state index contributed by atoms with van der Waals surface area (Å²) >= 11 is 1.52. The normalized spacial score (nSPS) is 18.3. The highest BCUT2D eigenvalue weighted by Crippen LogP contribution is 2.33. The first-order valence-electron chi connectivity index (χ1n) is 8.90. The first kappa shape index (κ1) is 16.4. The molecule has 0 bridgehead atoms. The fourth-order valence-corrected chi connectivity index (χ4v) is 4.21. The Hall–Kier alpha value is -2.05. The third kappa shape index (κ3) is 3.96. The van der Waals surface area contributed by atoms with E-state index in [2.05, 4.69) is 45.4 Å². The molecular formula is C19H24N4OS. The molecule has 4 rings (SSSR count). The van der Waals surface area contributed by atoms with Crippen LogP contribution in [0.2, 0.25) is 0 Å². The minimum atomic E-state index is -0.0148. The van der Waals surface area contributed by atoms with Crippen LogP contribution < -0.4 is 16.0 Å². The smallest absolute Gasteiger partial charge is 0.263 e. The third-order valence-electron chi connectivity index (χ3n) is 4.80. The average molecular weight is 356 g/mol. The van der Waals surface area contributed by atoms with Crippen molar-refractivity contribution >= 4 is 27.9 Å². The van der Waals surface area contributed by atoms with E-state index in [1.54, 1.807) is 0 Å². The minimum Gasteiger partial charge on any atom is -0.397 e. The van der Waals surface area contributed by atoms with Gasteiger partial charge in [0.1, 0.15) is 4.88 Å². The summed E-state index contributed by atoms with van der Waals surface area (Å²) < 4.78 is 0. The number of carbonyl (C=O) groups excluding carboxylic acids is 1. The van der Waals surface area contributed by atoms with Crippen molar-refractivity contribution in [2.45, 2.75) is 25.4 Å². The van der Waals surface area contributed by atoms with Gasteiger partial charge in [-0.05, 0) is 24.5 Å². The summed E-state index contributed by atoms with van der Waals surface area (Å²) in [6, 6.07) is 12.9. The number of hydrogen-bond acceptors (Lipinski definition) is 5. The molecule has 0 atom stereocenters. The van der Waals surface area contributed by atoms with Crippen LogP contribution in [0.25, 0.3) is 0 Å². The molecule has 2 aromatic rings. The fraction of sp³-hybridized carbons (Fsp3) is 0.421. The maximum absolute atomic E-state index is 12.3. The van der Waals surface area contributed by atoms with Gasteiger partial charge in [-0.25, -0.2) is 0 Å². The molecule has 2 fully saturated rings. The molecule has 1 aromatic heterocycles. The summed E-state index contributed by atoms with van der Waals surface area (Å²) in [6.07, 6.45) is 2.18. The van der Waals surface area contributed by atoms with Crippen molar-refractivity contribution in [2.24, 2.45) is 0 Å². The number of amides is 1. The zero-order valence-electron chi connectivity index (χ0n) is 14.3. The molecule has 1 saturated heterocycles. The van der Waals surface area contributed by atoms with Crippen LogP contribution in [0.5, 0.6) is 0 Å². The number of carbonyl (C=O) groups is 1. The number of nitrogen functional groups attached to an aromatic ring is 1. The molecule has 1 aliphatic heterocycles. The van der Waals surface area contributed by atoms with E-state index in [1.165, 1.54) is 16.9 Å². The molecule has 0 spiro atoms. The lowest BCUT2D eigenvalue weighted by Gasteiger charge is -2.35. The topological polar surface area (TPSA) is 61.6 Å². The van der Waals surface area contributed by atoms with Crippen molar-refractivity contribution in [1.82, 2.24) is 10.2 Å². The molecule has 0 unspecified atom stereocenters. The number of benzene rings is 1. The molecule has 2 aliphatic rings. The summed E-state index contributed by atoms with van der Waals surface area (Å²) in [4.78, 5) is 17.7. The lowest BCUT2D eigenvalue weighted by Crippen LogP contribution is -2.45. The van der Waals surface area contributed by atoms with E-state index in [0.29, 0.717) is 16.6 Å². The summed E-state index contributed by atoms with van der Waals surface area (Å²) in [5.74, 6) is -0.0148. The van der Waals surface area contributed by atoms with E-state index in [0.717, 1.165) is 50.6 Å². The zero-order chi connectivity index (χ0) is 17.2. The third-order valence-corrected chi connectivity index (χ3v) is 6.01. The maximum Gasteiger partial charge on any atom is 0.263 e. The van der Waals surface area contributed by atoms with Crippen LogP contribution in [0, 0.1) is 0 Å². The molecule has 132 valence electrons. The number of thiophene rings is 1. The molecule has 3 N–H and O–H groups in total. The Balaban J connectivity index is 1.35. The van der Waals surface area contributed by atoms with Gasteiger partial charge in [-0.1, -0.05) is 30.3 Å². The molecule has 25 heavy (non-hydrogen) atoms. The lowest BCUT2D eigenvalue weighted by atomic mass is 10.2. The molecule has 6 heteroatoms. The first-order valence-corrected chi connectivity index (χ1v) is 9.72. The van der Waals surface area contributed by atoms with E-state index in [1.807, 2.05) is 6.07 Å². The predicted octanol–water partition coefficient (Wildman–Crippen LogP) is 2.54. The Labute approximate surface area is 152 Å². The Morgan fingerprint density at radius 1 is 1.16 bits per heavy atom. The molecule has 1 amide bonds. The first-order chi connectivity index (χ1) is 12.2. The minimum absolute atomic E-state index is 0.0148. The van der Waals surface area contributed by atoms with Crippen molar-refractivity contribution in [2.75, 3.05) is 36.8 Å². The standard InChI is InChI=1S/C19H24N4OS/c20-16-12-17(25-18(16)19(24)21-15-6-7-15)23-10-8-22(9-11-23)13-14-4-2-1-3-5-14/h1-5,12,15H,6-11,13,20H2,(H,21,24). The van der Waals surface area contributed by atoms with Crippen LogP contribution in [0.1, 0.15) is 28.1 Å². The second-order valence-electron chi connectivity index (χ2n) is 6.87. The van der Waals surface area contributed by atoms with Gasteiger partial charge in [-0.2, -0.15) is 0 Å². The average Bonchev–Trinajstić information content (AvgIpc) is 3.35. The van der Waals surface area contributed by atoms with Crippen LogP contribution in [0.3, 0.4) is 0 Å². The molecule has 1 aliphatic carbocycles. The van der Waals surface area contributed by atoms with Crippen molar-refractivity contribution in [3.63, 3.8) is 0 Å². The van der Waals surface area contributed by atoms with Crippen LogP contribution >= 0.6 is 11.3 Å². The van der Waals surface area contributed by atoms with E-state index >= 15 is 0 Å². The zero-order valence-corrected chi connectivity index (χ0v) is 15.1. The second-order valence-corrected chi connectivity index (χ2v) is 7.90. The number of nitrogens with zero attached hydrogens (tertiary/aromatic N) is 2. The van der Waals surface area contributed by atoms with Gasteiger partial charge < -0.3 is 16.0 Å². The number of nitrogens with two attached hydrogens (primary N) is 1. The largest absolute Gasteiger partial charge is 0.397 e. The number of rotatable bonds is 5. The van der Waals surface area contributed by atoms with Gasteiger partial charge in [-0.3, -0.25) is 9.69 Å². The maximum atomic E-state index is 12.3. The SMILES string of the molecule is Nc1cc(N2CCN(Cc3ccccc3)CC2)sc1C(=O)NC1CC1. The van der Waals surface area contributed by atoms with Gasteiger partial charge in [0.05, 0.1) is 10.7 Å². The highest BCUT2D eigenvalue weighted by atomic mass is 32.1. The fourth-order valence-electron chi connectivity index (χ4n) is 3.17. The molecule has 1 saturated carbocycles. The van der Waals surface area contributed by atoms with Gasteiger partial charge in [0.15, 0.2) is 0 Å². The quantitative estimate of drug-likeness (QED) is 0.864. The van der Waals surface area contributed by atoms with E-state index in [9.17, 15) is 4.79 Å². The van der Waals surface area contributed by atoms with E-state index in [4.69, 9.17) is 5.73 Å². The Kier molecular flexibility index (Phi) is 4.63. The monoisotopic (exact) mass is 356 g/mol. The summed E-state index contributed by atoms with van der Waals surface area (Å²) in [5, 5.41) is 4.14. The van der Waals surface area contributed by atoms with E-state index in [-0.39, 0.29) is 5.91 Å².